The van der Waals surface area contributed by atoms with Gasteiger partial charge in [0.05, 0.1) is 164 Å². The SMILES string of the molecule is O=COCC1CNC(CC(=O)O)C(Cc2ccc(NC(=S)NCCOCCOCCOCCOCCOCCOCCOCCOCCOCCOCCOCCNC(=O)c3ccc(-c4nncnn4)cc3)cc2)NC(COC=O)CN1. The summed E-state index contributed by atoms with van der Waals surface area (Å²) in [6, 6.07) is 13.1. The van der Waals surface area contributed by atoms with Crippen LogP contribution in [0.5, 0.6) is 0 Å². The van der Waals surface area contributed by atoms with Crippen molar-refractivity contribution in [2.45, 2.75) is 37.0 Å². The molecule has 1 aliphatic heterocycles. The maximum Gasteiger partial charge on any atom is 0.304 e. The average Bonchev–Trinajstić information content (AvgIpc) is 3.56. The van der Waals surface area contributed by atoms with Crippen molar-refractivity contribution >= 4 is 47.8 Å². The standard InChI is InChI=1S/C53H82N10O18S/c64-40-80-37-46-35-57-48(34-50(66)67)49(60-47(36-56-46)38-81-41-65)33-42-1-7-45(8-2-42)61-53(82)55-10-12-70-14-16-72-18-20-74-22-24-76-26-28-78-30-32-79-31-29-77-27-25-75-23-21-73-19-17-71-15-13-69-11-9-54-52(68)44-5-3-43(4-6-44)51-62-58-39-59-63-51/h1-8,39-41,46-49,56-57,60H,9-38H2,(H,54,68)(H,66,67)(H2,55,61,82). The zero-order valence-electron chi connectivity index (χ0n) is 46.5. The van der Waals surface area contributed by atoms with Gasteiger partial charge in [0.25, 0.3) is 18.9 Å². The van der Waals surface area contributed by atoms with E-state index in [1.807, 2.05) is 24.3 Å². The number of rotatable bonds is 49. The van der Waals surface area contributed by atoms with Gasteiger partial charge in [0.2, 0.25) is 5.82 Å². The van der Waals surface area contributed by atoms with Crippen LogP contribution in [0.25, 0.3) is 11.4 Å². The molecule has 1 fully saturated rings. The molecule has 0 saturated carbocycles. The molecule has 2 aromatic carbocycles. The number of carboxylic acid groups (broad SMARTS) is 1. The Balaban J connectivity index is 0.829. The van der Waals surface area contributed by atoms with Crippen molar-refractivity contribution in [2.75, 3.05) is 190 Å². The molecular formula is C53H82N10O18S. The van der Waals surface area contributed by atoms with E-state index in [-0.39, 0.29) is 43.7 Å². The number of carbonyl (C=O) groups excluding carboxylic acids is 3. The number of anilines is 1. The Kier molecular flexibility index (Phi) is 39.3. The Labute approximate surface area is 483 Å². The maximum atomic E-state index is 12.3. The Morgan fingerprint density at radius 2 is 0.976 bits per heavy atom. The predicted octanol–water partition coefficient (Wildman–Crippen LogP) is -0.547. The first-order valence-corrected chi connectivity index (χ1v) is 27.7. The lowest BCUT2D eigenvalue weighted by atomic mass is 9.95. The molecule has 1 saturated heterocycles. The minimum atomic E-state index is -0.965. The number of ether oxygens (including phenoxy) is 13. The molecule has 0 spiro atoms. The Morgan fingerprint density at radius 1 is 0.549 bits per heavy atom. The number of benzene rings is 2. The van der Waals surface area contributed by atoms with Gasteiger partial charge in [-0.15, -0.1) is 20.4 Å². The van der Waals surface area contributed by atoms with Crippen LogP contribution in [0.15, 0.2) is 54.9 Å². The van der Waals surface area contributed by atoms with Gasteiger partial charge in [0.1, 0.15) is 13.2 Å². The molecule has 4 unspecified atom stereocenters. The van der Waals surface area contributed by atoms with E-state index in [1.165, 1.54) is 6.33 Å². The summed E-state index contributed by atoms with van der Waals surface area (Å²) in [6.07, 6.45) is 1.58. The molecule has 82 heavy (non-hydrogen) atoms. The Bertz CT molecular complexity index is 2120. The minimum absolute atomic E-state index is 0.0719. The molecule has 1 amide bonds. The Hall–Kier alpha value is -5.61. The van der Waals surface area contributed by atoms with Crippen molar-refractivity contribution in [1.29, 1.82) is 0 Å². The molecule has 7 N–H and O–H groups in total. The van der Waals surface area contributed by atoms with E-state index in [4.69, 9.17) is 73.8 Å². The third kappa shape index (κ3) is 34.1. The lowest BCUT2D eigenvalue weighted by Crippen LogP contribution is -2.54. The molecule has 1 aromatic heterocycles. The largest absolute Gasteiger partial charge is 0.481 e. The van der Waals surface area contributed by atoms with Gasteiger partial charge in [-0.05, 0) is 48.5 Å². The van der Waals surface area contributed by atoms with Gasteiger partial charge in [0.15, 0.2) is 11.4 Å². The smallest absolute Gasteiger partial charge is 0.304 e. The molecule has 29 heteroatoms. The van der Waals surface area contributed by atoms with Crippen molar-refractivity contribution < 1.29 is 85.9 Å². The number of hydrogen-bond acceptors (Lipinski definition) is 25. The third-order valence-electron chi connectivity index (χ3n) is 11.6. The molecule has 28 nitrogen and oxygen atoms in total. The van der Waals surface area contributed by atoms with Crippen LogP contribution in [0.1, 0.15) is 22.3 Å². The second-order valence-electron chi connectivity index (χ2n) is 17.8. The summed E-state index contributed by atoms with van der Waals surface area (Å²) < 4.78 is 70.9. The van der Waals surface area contributed by atoms with Crippen molar-refractivity contribution in [3.63, 3.8) is 0 Å². The van der Waals surface area contributed by atoms with Crippen molar-refractivity contribution in [1.82, 2.24) is 47.0 Å². The number of amides is 1. The van der Waals surface area contributed by atoms with Crippen LogP contribution in [0.4, 0.5) is 5.69 Å². The summed E-state index contributed by atoms with van der Waals surface area (Å²) in [6.45, 7) is 12.2. The quantitative estimate of drug-likeness (QED) is 0.0212. The van der Waals surface area contributed by atoms with E-state index in [9.17, 15) is 24.3 Å². The highest BCUT2D eigenvalue weighted by Crippen LogP contribution is 2.16. The summed E-state index contributed by atoms with van der Waals surface area (Å²) >= 11 is 5.45. The number of carboxylic acids is 1. The number of aliphatic carboxylic acids is 1. The van der Waals surface area contributed by atoms with E-state index in [2.05, 4.69) is 52.3 Å². The average molecular weight is 1180 g/mol. The molecule has 4 rings (SSSR count). The van der Waals surface area contributed by atoms with E-state index >= 15 is 0 Å². The number of carbonyl (C=O) groups is 4. The zero-order chi connectivity index (χ0) is 58.2. The van der Waals surface area contributed by atoms with Crippen LogP contribution in [0.2, 0.25) is 0 Å². The fraction of sp³-hybridized carbons (Fsp3) is 0.642. The zero-order valence-corrected chi connectivity index (χ0v) is 47.3. The first kappa shape index (κ1) is 68.9. The van der Waals surface area contributed by atoms with E-state index in [0.29, 0.717) is 207 Å². The van der Waals surface area contributed by atoms with Crippen molar-refractivity contribution in [2.24, 2.45) is 0 Å². The van der Waals surface area contributed by atoms with Gasteiger partial charge in [-0.1, -0.05) is 24.3 Å². The first-order chi connectivity index (χ1) is 40.3. The molecule has 2 heterocycles. The number of nitrogens with one attached hydrogen (secondary N) is 6. The van der Waals surface area contributed by atoms with E-state index in [1.54, 1.807) is 24.3 Å². The summed E-state index contributed by atoms with van der Waals surface area (Å²) in [5, 5.41) is 44.5. The van der Waals surface area contributed by atoms with Gasteiger partial charge >= 0.3 is 5.97 Å². The topological polar surface area (TPSA) is 332 Å². The minimum Gasteiger partial charge on any atom is -0.481 e. The highest BCUT2D eigenvalue weighted by atomic mass is 32.1. The Morgan fingerprint density at radius 3 is 1.43 bits per heavy atom. The molecule has 3 aromatic rings. The highest BCUT2D eigenvalue weighted by molar-refractivity contribution is 7.80. The highest BCUT2D eigenvalue weighted by Gasteiger charge is 2.30. The van der Waals surface area contributed by atoms with E-state index < -0.39 is 12.0 Å². The normalized spacial score (nSPS) is 16.3. The summed E-state index contributed by atoms with van der Waals surface area (Å²) in [7, 11) is 0. The van der Waals surface area contributed by atoms with Gasteiger partial charge in [0, 0.05) is 55.1 Å². The summed E-state index contributed by atoms with van der Waals surface area (Å²) in [5.41, 5.74) is 2.95. The van der Waals surface area contributed by atoms with Crippen LogP contribution < -0.4 is 31.9 Å². The molecule has 458 valence electrons. The third-order valence-corrected chi connectivity index (χ3v) is 11.9. The summed E-state index contributed by atoms with van der Waals surface area (Å²) in [4.78, 5) is 45.9. The molecule has 4 atom stereocenters. The molecule has 1 aliphatic rings. The number of hydrogen-bond donors (Lipinski definition) is 7. The molecular weight excluding hydrogens is 1100 g/mol. The lowest BCUT2D eigenvalue weighted by molar-refractivity contribution is -0.137. The molecule has 0 bridgehead atoms. The lowest BCUT2D eigenvalue weighted by Gasteiger charge is -2.30. The van der Waals surface area contributed by atoms with Gasteiger partial charge in [-0.3, -0.25) is 19.2 Å². The van der Waals surface area contributed by atoms with Crippen LogP contribution in [0, 0.1) is 0 Å². The van der Waals surface area contributed by atoms with Crippen LogP contribution in [0.3, 0.4) is 0 Å². The van der Waals surface area contributed by atoms with Gasteiger partial charge < -0.3 is 98.6 Å². The maximum absolute atomic E-state index is 12.3. The van der Waals surface area contributed by atoms with Gasteiger partial charge in [-0.2, -0.15) is 0 Å². The fourth-order valence-corrected chi connectivity index (χ4v) is 7.77. The second-order valence-corrected chi connectivity index (χ2v) is 18.2. The van der Waals surface area contributed by atoms with E-state index in [0.717, 1.165) is 16.8 Å². The number of thiocarbonyl (C=S) groups is 1. The second kappa shape index (κ2) is 46.8. The van der Waals surface area contributed by atoms with Crippen molar-refractivity contribution in [3.05, 3.63) is 66.0 Å². The molecule has 0 aliphatic carbocycles. The molecule has 0 radical (unpaired) electrons. The number of nitrogens with zero attached hydrogens (tertiary/aromatic N) is 4. The monoisotopic (exact) mass is 1180 g/mol. The van der Waals surface area contributed by atoms with Gasteiger partial charge in [-0.25, -0.2) is 0 Å². The van der Waals surface area contributed by atoms with Crippen LogP contribution in [-0.4, -0.2) is 264 Å². The van der Waals surface area contributed by atoms with Crippen LogP contribution in [-0.2, 0) is 82.4 Å². The van der Waals surface area contributed by atoms with Crippen molar-refractivity contribution in [3.8, 4) is 11.4 Å². The number of aromatic nitrogens is 4. The summed E-state index contributed by atoms with van der Waals surface area (Å²) in [5.74, 6) is -0.782. The first-order valence-electron chi connectivity index (χ1n) is 27.3. The predicted molar refractivity (Wildman–Crippen MR) is 299 cm³/mol. The fourth-order valence-electron chi connectivity index (χ4n) is 7.55. The van der Waals surface area contributed by atoms with Crippen LogP contribution >= 0.6 is 12.2 Å².